The van der Waals surface area contributed by atoms with Gasteiger partial charge >= 0.3 is 5.97 Å². The lowest BCUT2D eigenvalue weighted by Gasteiger charge is -2.28. The van der Waals surface area contributed by atoms with Crippen molar-refractivity contribution in [2.24, 2.45) is 11.3 Å². The van der Waals surface area contributed by atoms with E-state index in [9.17, 15) is 19.5 Å². The lowest BCUT2D eigenvalue weighted by Crippen LogP contribution is -2.40. The normalized spacial score (nSPS) is 21.8. The maximum absolute atomic E-state index is 12.4. The molecule has 0 aromatic carbocycles. The third kappa shape index (κ3) is 2.72. The Kier molecular flexibility index (Phi) is 4.18. The Morgan fingerprint density at radius 3 is 2.48 bits per heavy atom. The van der Waals surface area contributed by atoms with Gasteiger partial charge in [-0.25, -0.2) is 0 Å². The van der Waals surface area contributed by atoms with Crippen LogP contribution >= 0.6 is 11.3 Å². The number of amides is 1. The predicted octanol–water partition coefficient (Wildman–Crippen LogP) is 2.52. The molecule has 0 spiro atoms. The van der Waals surface area contributed by atoms with E-state index in [2.05, 4.69) is 0 Å². The first kappa shape index (κ1) is 15.7. The van der Waals surface area contributed by atoms with Gasteiger partial charge in [0.1, 0.15) is 0 Å². The third-order valence-electron chi connectivity index (χ3n) is 4.34. The third-order valence-corrected chi connectivity index (χ3v) is 5.25. The van der Waals surface area contributed by atoms with Crippen molar-refractivity contribution < 1.29 is 19.5 Å². The van der Waals surface area contributed by atoms with Crippen LogP contribution in [0.5, 0.6) is 0 Å². The number of carboxylic acids is 1. The van der Waals surface area contributed by atoms with Gasteiger partial charge in [-0.1, -0.05) is 13.8 Å². The van der Waals surface area contributed by atoms with Crippen LogP contribution in [0.4, 0.5) is 0 Å². The van der Waals surface area contributed by atoms with Crippen LogP contribution in [-0.2, 0) is 4.79 Å². The summed E-state index contributed by atoms with van der Waals surface area (Å²) in [7, 11) is 0. The summed E-state index contributed by atoms with van der Waals surface area (Å²) in [5.41, 5.74) is -0.341. The fraction of sp³-hybridized carbons (Fsp3) is 0.533. The standard InChI is InChI=1S/C15H19NO4S/c1-9(2)15(14(19)20)4-5-16(8-15)13(18)12-6-11(7-21-12)10(3)17/h6-7,9H,4-5,8H2,1-3H3,(H,19,20). The summed E-state index contributed by atoms with van der Waals surface area (Å²) in [6.07, 6.45) is 0.469. The molecule has 1 saturated heterocycles. The van der Waals surface area contributed by atoms with Gasteiger partial charge in [-0.2, -0.15) is 0 Å². The van der Waals surface area contributed by atoms with E-state index < -0.39 is 11.4 Å². The Morgan fingerprint density at radius 1 is 1.38 bits per heavy atom. The Hall–Kier alpha value is -1.69. The van der Waals surface area contributed by atoms with Crippen molar-refractivity contribution in [1.82, 2.24) is 4.90 Å². The van der Waals surface area contributed by atoms with Crippen molar-refractivity contribution in [2.75, 3.05) is 13.1 Å². The molecule has 1 amide bonds. The summed E-state index contributed by atoms with van der Waals surface area (Å²) >= 11 is 1.23. The SMILES string of the molecule is CC(=O)c1csc(C(=O)N2CCC(C(=O)O)(C(C)C)C2)c1. The number of aliphatic carboxylic acids is 1. The smallest absolute Gasteiger partial charge is 0.311 e. The average molecular weight is 309 g/mol. The van der Waals surface area contributed by atoms with Gasteiger partial charge in [-0.15, -0.1) is 11.3 Å². The number of hydrogen-bond donors (Lipinski definition) is 1. The van der Waals surface area contributed by atoms with Crippen molar-refractivity contribution in [3.05, 3.63) is 21.9 Å². The maximum Gasteiger partial charge on any atom is 0.311 e. The van der Waals surface area contributed by atoms with E-state index in [-0.39, 0.29) is 24.2 Å². The first-order chi connectivity index (χ1) is 9.78. The number of nitrogens with zero attached hydrogens (tertiary/aromatic N) is 1. The van der Waals surface area contributed by atoms with Gasteiger partial charge < -0.3 is 10.0 Å². The summed E-state index contributed by atoms with van der Waals surface area (Å²) < 4.78 is 0. The Balaban J connectivity index is 2.18. The summed E-state index contributed by atoms with van der Waals surface area (Å²) in [5, 5.41) is 11.2. The molecule has 1 aliphatic heterocycles. The zero-order valence-electron chi connectivity index (χ0n) is 12.4. The van der Waals surface area contributed by atoms with E-state index in [1.807, 2.05) is 13.8 Å². The molecule has 1 aromatic heterocycles. The average Bonchev–Trinajstić information content (AvgIpc) is 3.06. The second-order valence-electron chi connectivity index (χ2n) is 5.85. The quantitative estimate of drug-likeness (QED) is 0.867. The molecule has 1 atom stereocenters. The lowest BCUT2D eigenvalue weighted by molar-refractivity contribution is -0.150. The van der Waals surface area contributed by atoms with Crippen LogP contribution in [0.2, 0.25) is 0 Å². The predicted molar refractivity (Wildman–Crippen MR) is 79.8 cm³/mol. The van der Waals surface area contributed by atoms with Gasteiger partial charge in [-0.3, -0.25) is 14.4 Å². The zero-order chi connectivity index (χ0) is 15.8. The van der Waals surface area contributed by atoms with Crippen LogP contribution in [0.1, 0.15) is 47.2 Å². The molecule has 2 heterocycles. The molecule has 0 saturated carbocycles. The topological polar surface area (TPSA) is 74.7 Å². The maximum atomic E-state index is 12.4. The molecule has 1 aromatic rings. The summed E-state index contributed by atoms with van der Waals surface area (Å²) in [6.45, 7) is 5.88. The zero-order valence-corrected chi connectivity index (χ0v) is 13.2. The number of rotatable bonds is 4. The van der Waals surface area contributed by atoms with Crippen molar-refractivity contribution >= 4 is 29.0 Å². The molecular formula is C15H19NO4S. The number of carboxylic acid groups (broad SMARTS) is 1. The lowest BCUT2D eigenvalue weighted by atomic mass is 9.76. The molecule has 0 bridgehead atoms. The Morgan fingerprint density at radius 2 is 2.05 bits per heavy atom. The van der Waals surface area contributed by atoms with E-state index in [0.717, 1.165) is 0 Å². The van der Waals surface area contributed by atoms with Crippen molar-refractivity contribution in [1.29, 1.82) is 0 Å². The number of carbonyl (C=O) groups excluding carboxylic acids is 2. The van der Waals surface area contributed by atoms with Crippen molar-refractivity contribution in [2.45, 2.75) is 27.2 Å². The van der Waals surface area contributed by atoms with Crippen LogP contribution in [0, 0.1) is 11.3 Å². The van der Waals surface area contributed by atoms with Crippen LogP contribution in [0.3, 0.4) is 0 Å². The molecule has 21 heavy (non-hydrogen) atoms. The molecule has 1 N–H and O–H groups in total. The summed E-state index contributed by atoms with van der Waals surface area (Å²) in [4.78, 5) is 37.4. The molecule has 6 heteroatoms. The van der Waals surface area contributed by atoms with Gasteiger partial charge in [0.2, 0.25) is 0 Å². The largest absolute Gasteiger partial charge is 0.481 e. The highest BCUT2D eigenvalue weighted by atomic mass is 32.1. The monoisotopic (exact) mass is 309 g/mol. The molecule has 1 unspecified atom stereocenters. The molecule has 0 aliphatic carbocycles. The Bertz CT molecular complexity index is 592. The minimum atomic E-state index is -0.865. The molecule has 2 rings (SSSR count). The van der Waals surface area contributed by atoms with Gasteiger partial charge in [0.25, 0.3) is 5.91 Å². The van der Waals surface area contributed by atoms with Crippen molar-refractivity contribution in [3.8, 4) is 0 Å². The van der Waals surface area contributed by atoms with Crippen LogP contribution < -0.4 is 0 Å². The number of carbonyl (C=O) groups is 3. The van der Waals surface area contributed by atoms with Gasteiger partial charge in [0, 0.05) is 24.0 Å². The minimum Gasteiger partial charge on any atom is -0.481 e. The van der Waals surface area contributed by atoms with E-state index in [0.29, 0.717) is 23.4 Å². The molecule has 1 aliphatic rings. The first-order valence-electron chi connectivity index (χ1n) is 6.90. The molecule has 114 valence electrons. The van der Waals surface area contributed by atoms with E-state index in [4.69, 9.17) is 0 Å². The van der Waals surface area contributed by atoms with E-state index >= 15 is 0 Å². The molecule has 5 nitrogen and oxygen atoms in total. The Labute approximate surface area is 127 Å². The van der Waals surface area contributed by atoms with Gasteiger partial charge in [0.15, 0.2) is 5.78 Å². The highest BCUT2D eigenvalue weighted by Crippen LogP contribution is 2.39. The van der Waals surface area contributed by atoms with Crippen LogP contribution in [-0.4, -0.2) is 40.8 Å². The van der Waals surface area contributed by atoms with Crippen molar-refractivity contribution in [3.63, 3.8) is 0 Å². The second kappa shape index (κ2) is 5.60. The number of hydrogen-bond acceptors (Lipinski definition) is 4. The highest BCUT2D eigenvalue weighted by Gasteiger charge is 2.48. The highest BCUT2D eigenvalue weighted by molar-refractivity contribution is 7.12. The minimum absolute atomic E-state index is 0.0380. The van der Waals surface area contributed by atoms with Gasteiger partial charge in [-0.05, 0) is 25.3 Å². The number of thiophene rings is 1. The first-order valence-corrected chi connectivity index (χ1v) is 7.78. The molecule has 1 fully saturated rings. The second-order valence-corrected chi connectivity index (χ2v) is 6.76. The van der Waals surface area contributed by atoms with Crippen LogP contribution in [0.15, 0.2) is 11.4 Å². The fourth-order valence-electron chi connectivity index (χ4n) is 2.69. The summed E-state index contributed by atoms with van der Waals surface area (Å²) in [5.74, 6) is -1.14. The van der Waals surface area contributed by atoms with Gasteiger partial charge in [0.05, 0.1) is 10.3 Å². The number of ketones is 1. The molecular weight excluding hydrogens is 290 g/mol. The number of Topliss-reactive ketones (excluding diaryl/α,β-unsaturated/α-hetero) is 1. The number of likely N-dealkylation sites (tertiary alicyclic amines) is 1. The summed E-state index contributed by atoms with van der Waals surface area (Å²) in [6, 6.07) is 1.59. The van der Waals surface area contributed by atoms with E-state index in [1.54, 1.807) is 16.3 Å². The fourth-order valence-corrected chi connectivity index (χ4v) is 3.60. The van der Waals surface area contributed by atoms with E-state index in [1.165, 1.54) is 18.3 Å². The van der Waals surface area contributed by atoms with Crippen LogP contribution in [0.25, 0.3) is 0 Å². The molecule has 0 radical (unpaired) electrons.